The monoisotopic (exact) mass is 440 g/mol. The smallest absolute Gasteiger partial charge is 0.464 e. The highest BCUT2D eigenvalue weighted by molar-refractivity contribution is 5.87. The zero-order chi connectivity index (χ0) is 22.5. The van der Waals surface area contributed by atoms with E-state index in [-0.39, 0.29) is 12.6 Å². The summed E-state index contributed by atoms with van der Waals surface area (Å²) < 4.78 is 18.0. The first-order valence-corrected chi connectivity index (χ1v) is 10.8. The number of hydrogen-bond donors (Lipinski definition) is 1. The quantitative estimate of drug-likeness (QED) is 0.285. The van der Waals surface area contributed by atoms with Crippen LogP contribution in [0.2, 0.25) is 0 Å². The highest BCUT2D eigenvalue weighted by Gasteiger charge is 2.34. The first kappa shape index (κ1) is 19.4. The number of fused-ring (bicyclic) bond motifs is 5. The normalized spacial score (nSPS) is 14.8. The van der Waals surface area contributed by atoms with E-state index < -0.39 is 6.16 Å². The summed E-state index contributed by atoms with van der Waals surface area (Å²) in [6.07, 6.45) is 2.17. The lowest BCUT2D eigenvalue weighted by Crippen LogP contribution is -2.23. The van der Waals surface area contributed by atoms with Gasteiger partial charge in [-0.2, -0.15) is 0 Å². The Bertz CT molecular complexity index is 1540. The minimum absolute atomic E-state index is 0.204. The van der Waals surface area contributed by atoms with Crippen molar-refractivity contribution in [1.29, 1.82) is 0 Å². The molecule has 6 rings (SSSR count). The Hall–Kier alpha value is -4.26. The number of carbonyl (C=O) groups is 2. The van der Waals surface area contributed by atoms with Crippen molar-refractivity contribution in [3.8, 4) is 5.75 Å². The van der Waals surface area contributed by atoms with Crippen molar-refractivity contribution in [3.05, 3.63) is 89.1 Å². The Morgan fingerprint density at radius 2 is 2.09 bits per heavy atom. The van der Waals surface area contributed by atoms with E-state index in [1.807, 2.05) is 41.0 Å². The number of hydrogen-bond acceptors (Lipinski definition) is 5. The summed E-state index contributed by atoms with van der Waals surface area (Å²) in [6.45, 7) is 1.92. The maximum absolute atomic E-state index is 12.1. The maximum Gasteiger partial charge on any atom is 0.513 e. The molecule has 1 aliphatic rings. The molecule has 7 nitrogen and oxygen atoms in total. The van der Waals surface area contributed by atoms with E-state index in [1.54, 1.807) is 19.3 Å². The van der Waals surface area contributed by atoms with Crippen molar-refractivity contribution in [2.24, 2.45) is 0 Å². The van der Waals surface area contributed by atoms with Crippen LogP contribution in [0.4, 0.5) is 4.79 Å². The number of aldehydes is 1. The van der Waals surface area contributed by atoms with E-state index in [2.05, 4.69) is 17.1 Å². The van der Waals surface area contributed by atoms with Crippen LogP contribution >= 0.6 is 0 Å². The van der Waals surface area contributed by atoms with Gasteiger partial charge in [0.15, 0.2) is 12.0 Å². The molecular weight excluding hydrogens is 420 g/mol. The molecule has 1 N–H and O–H groups in total. The second-order valence-corrected chi connectivity index (χ2v) is 8.01. The molecule has 3 aromatic heterocycles. The lowest BCUT2D eigenvalue weighted by atomic mass is 9.92. The first-order chi connectivity index (χ1) is 16.2. The standard InChI is InChI=1S/C26H20N2O5/c1-2-31-26(30)33-23-12-17(14-29)28-21(23)13-19-18-5-3-4-6-20(18)27-24(19)25(28)16-7-8-22-15(11-16)9-10-32-22/h3-12,14,25,27H,2,13H2,1H3. The first-order valence-electron chi connectivity index (χ1n) is 10.8. The molecule has 4 heterocycles. The molecule has 33 heavy (non-hydrogen) atoms. The second kappa shape index (κ2) is 7.41. The fraction of sp³-hybridized carbons (Fsp3) is 0.154. The zero-order valence-electron chi connectivity index (χ0n) is 17.8. The van der Waals surface area contributed by atoms with Crippen molar-refractivity contribution in [1.82, 2.24) is 9.55 Å². The van der Waals surface area contributed by atoms with Crippen LogP contribution in [0, 0.1) is 0 Å². The molecule has 164 valence electrons. The molecule has 5 aromatic rings. The molecule has 1 unspecified atom stereocenters. The topological polar surface area (TPSA) is 86.5 Å². The molecule has 0 radical (unpaired) electrons. The maximum atomic E-state index is 12.1. The van der Waals surface area contributed by atoms with Crippen LogP contribution in [0.25, 0.3) is 21.9 Å². The molecule has 2 aromatic carbocycles. The Morgan fingerprint density at radius 3 is 2.94 bits per heavy atom. The van der Waals surface area contributed by atoms with Gasteiger partial charge in [0, 0.05) is 34.5 Å². The summed E-state index contributed by atoms with van der Waals surface area (Å²) in [5.74, 6) is 0.334. The van der Waals surface area contributed by atoms with Crippen molar-refractivity contribution >= 4 is 34.3 Å². The highest BCUT2D eigenvalue weighted by Crippen LogP contribution is 2.44. The van der Waals surface area contributed by atoms with Gasteiger partial charge in [0.2, 0.25) is 0 Å². The number of ether oxygens (including phenoxy) is 2. The predicted molar refractivity (Wildman–Crippen MR) is 122 cm³/mol. The molecule has 7 heteroatoms. The van der Waals surface area contributed by atoms with Crippen LogP contribution in [-0.2, 0) is 11.2 Å². The number of rotatable bonds is 4. The van der Waals surface area contributed by atoms with Crippen LogP contribution in [0.3, 0.4) is 0 Å². The number of aromatic amines is 1. The Balaban J connectivity index is 1.60. The number of para-hydroxylation sites is 1. The molecule has 0 saturated carbocycles. The van der Waals surface area contributed by atoms with E-state index in [0.29, 0.717) is 17.9 Å². The van der Waals surface area contributed by atoms with Crippen LogP contribution in [0.1, 0.15) is 46.0 Å². The molecule has 0 amide bonds. The van der Waals surface area contributed by atoms with Gasteiger partial charge in [0.25, 0.3) is 0 Å². The summed E-state index contributed by atoms with van der Waals surface area (Å²) in [5, 5.41) is 2.07. The van der Waals surface area contributed by atoms with Gasteiger partial charge >= 0.3 is 6.16 Å². The number of nitrogens with zero attached hydrogens (tertiary/aromatic N) is 1. The molecule has 1 aliphatic heterocycles. The Kier molecular flexibility index (Phi) is 4.36. The largest absolute Gasteiger partial charge is 0.513 e. The van der Waals surface area contributed by atoms with Gasteiger partial charge in [-0.1, -0.05) is 24.3 Å². The molecule has 1 atom stereocenters. The van der Waals surface area contributed by atoms with Gasteiger partial charge in [-0.25, -0.2) is 4.79 Å². The summed E-state index contributed by atoms with van der Waals surface area (Å²) in [6, 6.07) is 17.3. The fourth-order valence-corrected chi connectivity index (χ4v) is 4.87. The van der Waals surface area contributed by atoms with E-state index in [0.717, 1.165) is 50.7 Å². The molecule has 0 bridgehead atoms. The summed E-state index contributed by atoms with van der Waals surface area (Å²) in [7, 11) is 0. The third kappa shape index (κ3) is 2.96. The van der Waals surface area contributed by atoms with Gasteiger partial charge in [-0.05, 0) is 42.3 Å². The Morgan fingerprint density at radius 1 is 1.21 bits per heavy atom. The number of nitrogens with one attached hydrogen (secondary N) is 1. The van der Waals surface area contributed by atoms with E-state index in [4.69, 9.17) is 13.9 Å². The third-order valence-electron chi connectivity index (χ3n) is 6.22. The van der Waals surface area contributed by atoms with Crippen LogP contribution in [-0.4, -0.2) is 28.6 Å². The lowest BCUT2D eigenvalue weighted by molar-refractivity contribution is 0.103. The number of H-pyrrole nitrogens is 1. The van der Waals surface area contributed by atoms with Gasteiger partial charge in [0.1, 0.15) is 5.58 Å². The third-order valence-corrected chi connectivity index (χ3v) is 6.22. The number of aromatic nitrogens is 2. The average Bonchev–Trinajstić information content (AvgIpc) is 3.53. The van der Waals surface area contributed by atoms with Gasteiger partial charge in [-0.15, -0.1) is 0 Å². The fourth-order valence-electron chi connectivity index (χ4n) is 4.87. The van der Waals surface area contributed by atoms with Crippen molar-refractivity contribution in [2.75, 3.05) is 6.61 Å². The molecular formula is C26H20N2O5. The minimum Gasteiger partial charge on any atom is -0.464 e. The Labute approximate surface area is 188 Å². The number of furan rings is 1. The van der Waals surface area contributed by atoms with Gasteiger partial charge in [0.05, 0.1) is 30.3 Å². The van der Waals surface area contributed by atoms with Gasteiger partial charge < -0.3 is 23.4 Å². The number of carbonyl (C=O) groups excluding carboxylic acids is 2. The molecule has 0 spiro atoms. The van der Waals surface area contributed by atoms with Crippen molar-refractivity contribution in [2.45, 2.75) is 19.4 Å². The lowest BCUT2D eigenvalue weighted by Gasteiger charge is -2.28. The highest BCUT2D eigenvalue weighted by atomic mass is 16.7. The molecule has 0 saturated heterocycles. The minimum atomic E-state index is -0.788. The summed E-state index contributed by atoms with van der Waals surface area (Å²) in [5.41, 5.74) is 6.08. The predicted octanol–water partition coefficient (Wildman–Crippen LogP) is 5.61. The SMILES string of the molecule is CCOC(=O)Oc1cc(C=O)n2c1Cc1c([nH]c3ccccc13)C2c1ccc2occc2c1. The zero-order valence-corrected chi connectivity index (χ0v) is 17.8. The second-order valence-electron chi connectivity index (χ2n) is 8.01. The van der Waals surface area contributed by atoms with Crippen molar-refractivity contribution < 1.29 is 23.5 Å². The molecule has 0 fully saturated rings. The van der Waals surface area contributed by atoms with Crippen LogP contribution < -0.4 is 4.74 Å². The molecule has 0 aliphatic carbocycles. The van der Waals surface area contributed by atoms with E-state index in [1.165, 1.54) is 0 Å². The summed E-state index contributed by atoms with van der Waals surface area (Å²) in [4.78, 5) is 27.8. The van der Waals surface area contributed by atoms with Crippen LogP contribution in [0.15, 0.2) is 65.3 Å². The van der Waals surface area contributed by atoms with Gasteiger partial charge in [-0.3, -0.25) is 4.79 Å². The van der Waals surface area contributed by atoms with E-state index >= 15 is 0 Å². The number of benzene rings is 2. The van der Waals surface area contributed by atoms with Crippen LogP contribution in [0.5, 0.6) is 5.75 Å². The summed E-state index contributed by atoms with van der Waals surface area (Å²) >= 11 is 0. The van der Waals surface area contributed by atoms with E-state index in [9.17, 15) is 9.59 Å². The average molecular weight is 440 g/mol. The van der Waals surface area contributed by atoms with Crippen molar-refractivity contribution in [3.63, 3.8) is 0 Å².